The Kier molecular flexibility index (Phi) is 5.31. The largest absolute Gasteiger partial charge is 0.489 e. The van der Waals surface area contributed by atoms with E-state index < -0.39 is 0 Å². The lowest BCUT2D eigenvalue weighted by Gasteiger charge is -2.21. The van der Waals surface area contributed by atoms with Crippen LogP contribution in [0.2, 0.25) is 0 Å². The molecular weight excluding hydrogens is 388 g/mol. The number of carbonyl (C=O) groups is 1. The number of anilines is 2. The summed E-state index contributed by atoms with van der Waals surface area (Å²) < 4.78 is 11.9. The summed E-state index contributed by atoms with van der Waals surface area (Å²) in [6.07, 6.45) is 2.35. The zero-order valence-corrected chi connectivity index (χ0v) is 17.2. The SMILES string of the molecule is O=C(Nc1ccccc1N1CCCC1)c1oc2ccccc2c1COc1ccccc1. The molecule has 0 unspecified atom stereocenters. The van der Waals surface area contributed by atoms with Gasteiger partial charge >= 0.3 is 0 Å². The fourth-order valence-corrected chi connectivity index (χ4v) is 4.09. The summed E-state index contributed by atoms with van der Waals surface area (Å²) in [6, 6.07) is 25.2. The first-order valence-electron chi connectivity index (χ1n) is 10.6. The van der Waals surface area contributed by atoms with Crippen LogP contribution in [0.1, 0.15) is 29.0 Å². The van der Waals surface area contributed by atoms with Crippen LogP contribution >= 0.6 is 0 Å². The summed E-state index contributed by atoms with van der Waals surface area (Å²) >= 11 is 0. The third-order valence-corrected chi connectivity index (χ3v) is 5.63. The highest BCUT2D eigenvalue weighted by Crippen LogP contribution is 2.31. The predicted molar refractivity (Wildman–Crippen MR) is 123 cm³/mol. The molecule has 3 aromatic carbocycles. The monoisotopic (exact) mass is 412 g/mol. The first-order valence-corrected chi connectivity index (χ1v) is 10.6. The minimum Gasteiger partial charge on any atom is -0.489 e. The number of para-hydroxylation sites is 4. The number of hydrogen-bond donors (Lipinski definition) is 1. The highest BCUT2D eigenvalue weighted by atomic mass is 16.5. The Hall–Kier alpha value is -3.73. The van der Waals surface area contributed by atoms with Crippen LogP contribution in [0.4, 0.5) is 11.4 Å². The molecule has 0 saturated carbocycles. The zero-order valence-electron chi connectivity index (χ0n) is 17.2. The lowest BCUT2D eigenvalue weighted by Crippen LogP contribution is -2.21. The number of benzene rings is 3. The third-order valence-electron chi connectivity index (χ3n) is 5.63. The van der Waals surface area contributed by atoms with E-state index in [9.17, 15) is 4.79 Å². The summed E-state index contributed by atoms with van der Waals surface area (Å²) in [5.74, 6) is 0.765. The van der Waals surface area contributed by atoms with Gasteiger partial charge in [-0.2, -0.15) is 0 Å². The summed E-state index contributed by atoms with van der Waals surface area (Å²) in [6.45, 7) is 2.26. The molecule has 0 bridgehead atoms. The number of amides is 1. The fourth-order valence-electron chi connectivity index (χ4n) is 4.09. The normalized spacial score (nSPS) is 13.5. The van der Waals surface area contributed by atoms with Crippen LogP contribution in [0.5, 0.6) is 5.75 Å². The van der Waals surface area contributed by atoms with Crippen LogP contribution in [0.25, 0.3) is 11.0 Å². The van der Waals surface area contributed by atoms with Crippen molar-refractivity contribution in [3.63, 3.8) is 0 Å². The summed E-state index contributed by atoms with van der Waals surface area (Å²) in [5, 5.41) is 3.96. The van der Waals surface area contributed by atoms with Crippen molar-refractivity contribution in [1.29, 1.82) is 0 Å². The molecule has 2 heterocycles. The maximum absolute atomic E-state index is 13.3. The van der Waals surface area contributed by atoms with Gasteiger partial charge in [-0.05, 0) is 43.2 Å². The highest BCUT2D eigenvalue weighted by Gasteiger charge is 2.23. The minimum atomic E-state index is -0.269. The average molecular weight is 412 g/mol. The minimum absolute atomic E-state index is 0.248. The molecule has 1 saturated heterocycles. The molecule has 5 nitrogen and oxygen atoms in total. The average Bonchev–Trinajstić information content (AvgIpc) is 3.47. The number of nitrogens with one attached hydrogen (secondary N) is 1. The van der Waals surface area contributed by atoms with Crippen molar-refractivity contribution in [2.75, 3.05) is 23.3 Å². The van der Waals surface area contributed by atoms with Crippen molar-refractivity contribution in [1.82, 2.24) is 0 Å². The Labute approximate surface area is 181 Å². The Morgan fingerprint density at radius 1 is 0.903 bits per heavy atom. The van der Waals surface area contributed by atoms with Gasteiger partial charge in [0.05, 0.1) is 11.4 Å². The molecule has 0 radical (unpaired) electrons. The molecule has 0 aliphatic carbocycles. The Morgan fingerprint density at radius 3 is 2.45 bits per heavy atom. The van der Waals surface area contributed by atoms with Crippen molar-refractivity contribution in [3.8, 4) is 5.75 Å². The van der Waals surface area contributed by atoms with E-state index in [2.05, 4.69) is 16.3 Å². The van der Waals surface area contributed by atoms with Crippen molar-refractivity contribution in [3.05, 3.63) is 90.2 Å². The summed E-state index contributed by atoms with van der Waals surface area (Å²) in [4.78, 5) is 15.6. The summed E-state index contributed by atoms with van der Waals surface area (Å²) in [5.41, 5.74) is 3.26. The van der Waals surface area contributed by atoms with Crippen molar-refractivity contribution >= 4 is 28.3 Å². The van der Waals surface area contributed by atoms with Crippen molar-refractivity contribution < 1.29 is 13.9 Å². The third kappa shape index (κ3) is 3.99. The zero-order chi connectivity index (χ0) is 21.0. The van der Waals surface area contributed by atoms with Gasteiger partial charge in [0.25, 0.3) is 5.91 Å². The number of furan rings is 1. The van der Waals surface area contributed by atoms with Gasteiger partial charge in [-0.1, -0.05) is 48.5 Å². The van der Waals surface area contributed by atoms with E-state index in [0.717, 1.165) is 41.2 Å². The molecule has 156 valence electrons. The lowest BCUT2D eigenvalue weighted by atomic mass is 10.1. The molecule has 1 aliphatic heterocycles. The van der Waals surface area contributed by atoms with Gasteiger partial charge < -0.3 is 19.4 Å². The fraction of sp³-hybridized carbons (Fsp3) is 0.192. The smallest absolute Gasteiger partial charge is 0.291 e. The van der Waals surface area contributed by atoms with Gasteiger partial charge in [0.15, 0.2) is 5.76 Å². The molecule has 4 aromatic rings. The number of carbonyl (C=O) groups excluding carboxylic acids is 1. The van der Waals surface area contributed by atoms with E-state index in [0.29, 0.717) is 5.58 Å². The van der Waals surface area contributed by atoms with Crippen LogP contribution in [0.3, 0.4) is 0 Å². The second kappa shape index (κ2) is 8.56. The van der Waals surface area contributed by atoms with Gasteiger partial charge in [0, 0.05) is 24.0 Å². The maximum Gasteiger partial charge on any atom is 0.291 e. The number of ether oxygens (including phenoxy) is 1. The van der Waals surface area contributed by atoms with Crippen molar-refractivity contribution in [2.24, 2.45) is 0 Å². The van der Waals surface area contributed by atoms with E-state index in [1.54, 1.807) is 0 Å². The number of hydrogen-bond acceptors (Lipinski definition) is 4. The van der Waals surface area contributed by atoms with Crippen LogP contribution < -0.4 is 15.0 Å². The molecule has 0 atom stereocenters. The molecule has 5 heteroatoms. The molecule has 1 N–H and O–H groups in total. The number of nitrogens with zero attached hydrogens (tertiary/aromatic N) is 1. The Morgan fingerprint density at radius 2 is 1.61 bits per heavy atom. The Balaban J connectivity index is 1.45. The van der Waals surface area contributed by atoms with Gasteiger partial charge in [-0.15, -0.1) is 0 Å². The molecular formula is C26H24N2O3. The van der Waals surface area contributed by atoms with Gasteiger partial charge in [0.1, 0.15) is 17.9 Å². The molecule has 31 heavy (non-hydrogen) atoms. The standard InChI is InChI=1S/C26H24N2O3/c29-26(27-22-13-5-6-14-23(22)28-16-8-9-17-28)25-21(18-30-19-10-2-1-3-11-19)20-12-4-7-15-24(20)31-25/h1-7,10-15H,8-9,16-18H2,(H,27,29). The topological polar surface area (TPSA) is 54.7 Å². The predicted octanol–water partition coefficient (Wildman–Crippen LogP) is 5.86. The van der Waals surface area contributed by atoms with E-state index in [-0.39, 0.29) is 18.3 Å². The van der Waals surface area contributed by atoms with E-state index in [1.807, 2.05) is 72.8 Å². The van der Waals surface area contributed by atoms with E-state index >= 15 is 0 Å². The first-order chi connectivity index (χ1) is 15.3. The van der Waals surface area contributed by atoms with E-state index in [4.69, 9.17) is 9.15 Å². The maximum atomic E-state index is 13.3. The van der Waals surface area contributed by atoms with Crippen LogP contribution in [0.15, 0.2) is 83.3 Å². The van der Waals surface area contributed by atoms with Crippen LogP contribution in [-0.2, 0) is 6.61 Å². The molecule has 5 rings (SSSR count). The van der Waals surface area contributed by atoms with Gasteiger partial charge in [0.2, 0.25) is 0 Å². The molecule has 1 amide bonds. The second-order valence-electron chi connectivity index (χ2n) is 7.67. The van der Waals surface area contributed by atoms with Crippen molar-refractivity contribution in [2.45, 2.75) is 19.4 Å². The number of fused-ring (bicyclic) bond motifs is 1. The highest BCUT2D eigenvalue weighted by molar-refractivity contribution is 6.07. The van der Waals surface area contributed by atoms with E-state index in [1.165, 1.54) is 12.8 Å². The van der Waals surface area contributed by atoms with Gasteiger partial charge in [-0.25, -0.2) is 0 Å². The van der Waals surface area contributed by atoms with Gasteiger partial charge in [-0.3, -0.25) is 4.79 Å². The Bertz CT molecular complexity index is 1190. The lowest BCUT2D eigenvalue weighted by molar-refractivity contribution is 0.0995. The molecule has 1 aliphatic rings. The quantitative estimate of drug-likeness (QED) is 0.431. The molecule has 0 spiro atoms. The first kappa shape index (κ1) is 19.2. The molecule has 1 aromatic heterocycles. The number of rotatable bonds is 6. The van der Waals surface area contributed by atoms with Crippen LogP contribution in [0, 0.1) is 0 Å². The van der Waals surface area contributed by atoms with Crippen LogP contribution in [-0.4, -0.2) is 19.0 Å². The molecule has 1 fully saturated rings. The second-order valence-corrected chi connectivity index (χ2v) is 7.67. The summed E-state index contributed by atoms with van der Waals surface area (Å²) in [7, 11) is 0.